The van der Waals surface area contributed by atoms with E-state index in [0.717, 1.165) is 18.9 Å². The van der Waals surface area contributed by atoms with Crippen LogP contribution in [0.25, 0.3) is 0 Å². The van der Waals surface area contributed by atoms with E-state index in [4.69, 9.17) is 5.84 Å². The van der Waals surface area contributed by atoms with Crippen molar-refractivity contribution in [1.29, 1.82) is 0 Å². The Morgan fingerprint density at radius 2 is 2.06 bits per heavy atom. The molecule has 0 fully saturated rings. The van der Waals surface area contributed by atoms with Crippen LogP contribution in [0, 0.1) is 0 Å². The van der Waals surface area contributed by atoms with Crippen LogP contribution in [0.2, 0.25) is 0 Å². The van der Waals surface area contributed by atoms with Crippen LogP contribution in [0.4, 0.5) is 11.6 Å². The van der Waals surface area contributed by atoms with Gasteiger partial charge in [-0.15, -0.1) is 0 Å². The van der Waals surface area contributed by atoms with Crippen LogP contribution in [0.15, 0.2) is 12.4 Å². The number of hydrogen-bond donors (Lipinski definition) is 3. The molecule has 0 aliphatic carbocycles. The van der Waals surface area contributed by atoms with Gasteiger partial charge in [0.1, 0.15) is 5.82 Å². The number of hydrogen-bond acceptors (Lipinski definition) is 6. The number of rotatable bonds is 6. The molecule has 6 heteroatoms. The van der Waals surface area contributed by atoms with Crippen molar-refractivity contribution in [3.63, 3.8) is 0 Å². The van der Waals surface area contributed by atoms with Crippen molar-refractivity contribution in [2.24, 2.45) is 5.84 Å². The van der Waals surface area contributed by atoms with Gasteiger partial charge in [0.2, 0.25) is 0 Å². The van der Waals surface area contributed by atoms with Crippen LogP contribution in [0.3, 0.4) is 0 Å². The summed E-state index contributed by atoms with van der Waals surface area (Å²) < 4.78 is 0. The summed E-state index contributed by atoms with van der Waals surface area (Å²) in [4.78, 5) is 10.5. The van der Waals surface area contributed by atoms with Crippen LogP contribution in [0.5, 0.6) is 0 Å². The topological polar surface area (TPSA) is 79.1 Å². The number of aromatic nitrogens is 2. The summed E-state index contributed by atoms with van der Waals surface area (Å²) in [5.74, 6) is 6.53. The number of likely N-dealkylation sites (N-methyl/N-ethyl adjacent to an activating group) is 1. The van der Waals surface area contributed by atoms with E-state index >= 15 is 0 Å². The standard InChI is InChI=1S/C10H20N6/c1-8(2)16(3)5-4-13-9-6-12-7-10(14-9)15-11/h6-8H,4-5,11H2,1-3H3,(H2,13,14,15). The van der Waals surface area contributed by atoms with E-state index in [2.05, 4.69) is 46.5 Å². The SMILES string of the molecule is CC(C)N(C)CCNc1cncc(NN)n1. The molecule has 0 aliphatic heterocycles. The summed E-state index contributed by atoms with van der Waals surface area (Å²) >= 11 is 0. The summed E-state index contributed by atoms with van der Waals surface area (Å²) in [6.07, 6.45) is 3.25. The van der Waals surface area contributed by atoms with Crippen molar-refractivity contribution in [1.82, 2.24) is 14.9 Å². The molecule has 1 aromatic heterocycles. The zero-order valence-corrected chi connectivity index (χ0v) is 10.1. The van der Waals surface area contributed by atoms with E-state index < -0.39 is 0 Å². The molecule has 0 spiro atoms. The van der Waals surface area contributed by atoms with Gasteiger partial charge in [-0.3, -0.25) is 4.98 Å². The molecule has 0 radical (unpaired) electrons. The minimum Gasteiger partial charge on any atom is -0.367 e. The highest BCUT2D eigenvalue weighted by molar-refractivity contribution is 5.40. The van der Waals surface area contributed by atoms with E-state index in [1.165, 1.54) is 0 Å². The highest BCUT2D eigenvalue weighted by Crippen LogP contribution is 2.04. The van der Waals surface area contributed by atoms with Crippen molar-refractivity contribution in [3.05, 3.63) is 12.4 Å². The molecule has 0 saturated heterocycles. The Hall–Kier alpha value is -1.40. The van der Waals surface area contributed by atoms with Gasteiger partial charge in [-0.25, -0.2) is 10.8 Å². The molecule has 1 rings (SSSR count). The summed E-state index contributed by atoms with van der Waals surface area (Å²) in [5, 5.41) is 3.19. The number of nitrogens with one attached hydrogen (secondary N) is 2. The second kappa shape index (κ2) is 6.24. The number of nitrogens with two attached hydrogens (primary N) is 1. The zero-order chi connectivity index (χ0) is 12.0. The number of anilines is 2. The quantitative estimate of drug-likeness (QED) is 0.483. The highest BCUT2D eigenvalue weighted by atomic mass is 15.3. The van der Waals surface area contributed by atoms with Gasteiger partial charge in [0.15, 0.2) is 5.82 Å². The smallest absolute Gasteiger partial charge is 0.160 e. The van der Waals surface area contributed by atoms with E-state index in [-0.39, 0.29) is 0 Å². The van der Waals surface area contributed by atoms with Crippen molar-refractivity contribution < 1.29 is 0 Å². The highest BCUT2D eigenvalue weighted by Gasteiger charge is 2.02. The van der Waals surface area contributed by atoms with Gasteiger partial charge in [0.05, 0.1) is 12.4 Å². The second-order valence-corrected chi connectivity index (χ2v) is 3.94. The third kappa shape index (κ3) is 4.00. The maximum Gasteiger partial charge on any atom is 0.160 e. The normalized spacial score (nSPS) is 10.9. The molecule has 0 bridgehead atoms. The summed E-state index contributed by atoms with van der Waals surface area (Å²) in [6, 6.07) is 0.546. The van der Waals surface area contributed by atoms with E-state index in [1.54, 1.807) is 12.4 Å². The van der Waals surface area contributed by atoms with Gasteiger partial charge in [0.25, 0.3) is 0 Å². The molecule has 1 aromatic rings. The molecule has 1 heterocycles. The molecule has 6 nitrogen and oxygen atoms in total. The lowest BCUT2D eigenvalue weighted by molar-refractivity contribution is 0.284. The molecule has 0 amide bonds. The lowest BCUT2D eigenvalue weighted by Crippen LogP contribution is -2.31. The maximum atomic E-state index is 5.25. The first-order valence-corrected chi connectivity index (χ1v) is 5.36. The first kappa shape index (κ1) is 12.7. The van der Waals surface area contributed by atoms with Gasteiger partial charge >= 0.3 is 0 Å². The molecular formula is C10H20N6. The Morgan fingerprint density at radius 3 is 2.69 bits per heavy atom. The fraction of sp³-hybridized carbons (Fsp3) is 0.600. The minimum absolute atomic E-state index is 0.546. The van der Waals surface area contributed by atoms with Crippen molar-refractivity contribution in [2.45, 2.75) is 19.9 Å². The molecule has 4 N–H and O–H groups in total. The van der Waals surface area contributed by atoms with Crippen molar-refractivity contribution in [2.75, 3.05) is 30.9 Å². The predicted molar refractivity (Wildman–Crippen MR) is 66.1 cm³/mol. The lowest BCUT2D eigenvalue weighted by Gasteiger charge is -2.20. The van der Waals surface area contributed by atoms with Crippen LogP contribution >= 0.6 is 0 Å². The van der Waals surface area contributed by atoms with Crippen LogP contribution < -0.4 is 16.6 Å². The van der Waals surface area contributed by atoms with Crippen LogP contribution in [0.1, 0.15) is 13.8 Å². The number of hydrazine groups is 1. The molecular weight excluding hydrogens is 204 g/mol. The minimum atomic E-state index is 0.546. The molecule has 0 aliphatic rings. The fourth-order valence-corrected chi connectivity index (χ4v) is 1.14. The monoisotopic (exact) mass is 224 g/mol. The van der Waals surface area contributed by atoms with E-state index in [9.17, 15) is 0 Å². The second-order valence-electron chi connectivity index (χ2n) is 3.94. The molecule has 16 heavy (non-hydrogen) atoms. The van der Waals surface area contributed by atoms with Gasteiger partial charge in [-0.1, -0.05) is 0 Å². The van der Waals surface area contributed by atoms with Gasteiger partial charge in [-0.2, -0.15) is 0 Å². The first-order chi connectivity index (χ1) is 7.63. The Morgan fingerprint density at radius 1 is 1.38 bits per heavy atom. The molecule has 90 valence electrons. The Labute approximate surface area is 96.2 Å². The van der Waals surface area contributed by atoms with Gasteiger partial charge < -0.3 is 15.6 Å². The van der Waals surface area contributed by atoms with Crippen LogP contribution in [-0.2, 0) is 0 Å². The van der Waals surface area contributed by atoms with Crippen molar-refractivity contribution in [3.8, 4) is 0 Å². The average Bonchev–Trinajstić information content (AvgIpc) is 2.29. The number of nitrogen functional groups attached to an aromatic ring is 1. The fourth-order valence-electron chi connectivity index (χ4n) is 1.14. The Kier molecular flexibility index (Phi) is 4.94. The van der Waals surface area contributed by atoms with Crippen molar-refractivity contribution >= 4 is 11.6 Å². The van der Waals surface area contributed by atoms with Crippen LogP contribution in [-0.4, -0.2) is 41.0 Å². The third-order valence-corrected chi connectivity index (χ3v) is 2.43. The molecule has 0 saturated carbocycles. The molecule has 0 aromatic carbocycles. The largest absolute Gasteiger partial charge is 0.367 e. The predicted octanol–water partition coefficient (Wildman–Crippen LogP) is 0.514. The van der Waals surface area contributed by atoms with E-state index in [1.807, 2.05) is 0 Å². The lowest BCUT2D eigenvalue weighted by atomic mass is 10.3. The molecule has 0 unspecified atom stereocenters. The summed E-state index contributed by atoms with van der Waals surface area (Å²) in [6.45, 7) is 6.12. The summed E-state index contributed by atoms with van der Waals surface area (Å²) in [5.41, 5.74) is 2.46. The third-order valence-electron chi connectivity index (χ3n) is 2.43. The Bertz CT molecular complexity index is 314. The first-order valence-electron chi connectivity index (χ1n) is 5.36. The Balaban J connectivity index is 2.37. The summed E-state index contributed by atoms with van der Waals surface area (Å²) in [7, 11) is 2.09. The average molecular weight is 224 g/mol. The van der Waals surface area contributed by atoms with Gasteiger partial charge in [0, 0.05) is 19.1 Å². The maximum absolute atomic E-state index is 5.25. The zero-order valence-electron chi connectivity index (χ0n) is 10.1. The van der Waals surface area contributed by atoms with Gasteiger partial charge in [-0.05, 0) is 20.9 Å². The number of nitrogens with zero attached hydrogens (tertiary/aromatic N) is 3. The van der Waals surface area contributed by atoms with E-state index in [0.29, 0.717) is 11.9 Å². The molecule has 0 atom stereocenters.